The molecule has 0 heterocycles. The molecule has 104 valence electrons. The summed E-state index contributed by atoms with van der Waals surface area (Å²) in [5, 5.41) is 4.42. The third kappa shape index (κ3) is 3.84. The molecule has 0 bridgehead atoms. The van der Waals surface area contributed by atoms with Gasteiger partial charge < -0.3 is 5.32 Å². The average Bonchev–Trinajstić information content (AvgIpc) is 2.47. The molecule has 1 atom stereocenters. The number of rotatable bonds is 4. The van der Waals surface area contributed by atoms with Crippen LogP contribution < -0.4 is 5.32 Å². The van der Waals surface area contributed by atoms with Crippen molar-refractivity contribution < 1.29 is 4.79 Å². The summed E-state index contributed by atoms with van der Waals surface area (Å²) in [6.45, 7) is 1.94. The molecule has 2 rings (SSSR count). The summed E-state index contributed by atoms with van der Waals surface area (Å²) in [5.41, 5.74) is 2.79. The van der Waals surface area contributed by atoms with Crippen molar-refractivity contribution in [1.29, 1.82) is 0 Å². The standard InChI is InChI=1S/C16H15BrClNO/c1-11(14-3-2-4-15(18)9-14)19-16(20)13-7-5-12(10-17)6-8-13/h2-9,11H,10H2,1H3,(H,19,20)/t11-/m0/s1. The number of benzene rings is 2. The van der Waals surface area contributed by atoms with E-state index in [1.807, 2.05) is 55.5 Å². The molecule has 1 amide bonds. The van der Waals surface area contributed by atoms with E-state index in [-0.39, 0.29) is 11.9 Å². The zero-order valence-corrected chi connectivity index (χ0v) is 13.4. The summed E-state index contributed by atoms with van der Waals surface area (Å²) in [4.78, 5) is 12.2. The third-order valence-electron chi connectivity index (χ3n) is 3.07. The lowest BCUT2D eigenvalue weighted by molar-refractivity contribution is 0.0940. The number of carbonyl (C=O) groups excluding carboxylic acids is 1. The molecule has 1 N–H and O–H groups in total. The van der Waals surface area contributed by atoms with Crippen molar-refractivity contribution >= 4 is 33.4 Å². The molecule has 2 aromatic carbocycles. The van der Waals surface area contributed by atoms with Crippen molar-refractivity contribution in [2.75, 3.05) is 0 Å². The van der Waals surface area contributed by atoms with Crippen molar-refractivity contribution in [2.45, 2.75) is 18.3 Å². The average molecular weight is 353 g/mol. The minimum atomic E-state index is -0.0861. The lowest BCUT2D eigenvalue weighted by Gasteiger charge is -2.14. The van der Waals surface area contributed by atoms with Crippen molar-refractivity contribution in [3.05, 3.63) is 70.2 Å². The lowest BCUT2D eigenvalue weighted by Crippen LogP contribution is -2.26. The van der Waals surface area contributed by atoms with Crippen molar-refractivity contribution in [1.82, 2.24) is 5.32 Å². The van der Waals surface area contributed by atoms with E-state index in [1.165, 1.54) is 0 Å². The van der Waals surface area contributed by atoms with Crippen LogP contribution in [0, 0.1) is 0 Å². The molecule has 0 radical (unpaired) electrons. The van der Waals surface area contributed by atoms with E-state index in [0.29, 0.717) is 10.6 Å². The second-order valence-corrected chi connectivity index (χ2v) is 5.58. The fourth-order valence-electron chi connectivity index (χ4n) is 1.88. The van der Waals surface area contributed by atoms with E-state index in [2.05, 4.69) is 21.2 Å². The van der Waals surface area contributed by atoms with Crippen molar-refractivity contribution in [3.8, 4) is 0 Å². The summed E-state index contributed by atoms with van der Waals surface area (Å²) < 4.78 is 0. The fraction of sp³-hybridized carbons (Fsp3) is 0.188. The Kier molecular flexibility index (Phi) is 5.21. The molecule has 0 saturated heterocycles. The Morgan fingerprint density at radius 3 is 2.55 bits per heavy atom. The van der Waals surface area contributed by atoms with Gasteiger partial charge >= 0.3 is 0 Å². The van der Waals surface area contributed by atoms with E-state index >= 15 is 0 Å². The van der Waals surface area contributed by atoms with Gasteiger partial charge in [-0.2, -0.15) is 0 Å². The van der Waals surface area contributed by atoms with Gasteiger partial charge in [0.1, 0.15) is 0 Å². The highest BCUT2D eigenvalue weighted by atomic mass is 79.9. The number of carbonyl (C=O) groups is 1. The molecule has 0 aromatic heterocycles. The first-order valence-corrected chi connectivity index (χ1v) is 7.81. The van der Waals surface area contributed by atoms with Gasteiger partial charge in [0.25, 0.3) is 5.91 Å². The fourth-order valence-corrected chi connectivity index (χ4v) is 2.46. The molecule has 20 heavy (non-hydrogen) atoms. The molecule has 0 spiro atoms. The second-order valence-electron chi connectivity index (χ2n) is 4.58. The minimum absolute atomic E-state index is 0.0846. The van der Waals surface area contributed by atoms with Gasteiger partial charge in [0.2, 0.25) is 0 Å². The maximum absolute atomic E-state index is 12.2. The van der Waals surface area contributed by atoms with Gasteiger partial charge in [-0.3, -0.25) is 4.79 Å². The highest BCUT2D eigenvalue weighted by Gasteiger charge is 2.11. The summed E-state index contributed by atoms with van der Waals surface area (Å²) in [6, 6.07) is 15.0. The third-order valence-corrected chi connectivity index (χ3v) is 3.95. The van der Waals surface area contributed by atoms with Crippen LogP contribution in [0.1, 0.15) is 34.5 Å². The molecule has 0 saturated carbocycles. The van der Waals surface area contributed by atoms with Crippen LogP contribution in [0.15, 0.2) is 48.5 Å². The molecule has 0 aliphatic heterocycles. The zero-order valence-electron chi connectivity index (χ0n) is 11.1. The predicted molar refractivity (Wildman–Crippen MR) is 86.4 cm³/mol. The molecule has 0 aliphatic rings. The minimum Gasteiger partial charge on any atom is -0.346 e. The first kappa shape index (κ1) is 15.1. The van der Waals surface area contributed by atoms with Gasteiger partial charge in [-0.1, -0.05) is 51.8 Å². The smallest absolute Gasteiger partial charge is 0.251 e. The summed E-state index contributed by atoms with van der Waals surface area (Å²) in [5.74, 6) is -0.0846. The number of halogens is 2. The molecule has 0 fully saturated rings. The van der Waals surface area contributed by atoms with Gasteiger partial charge in [-0.15, -0.1) is 0 Å². The number of hydrogen-bond acceptors (Lipinski definition) is 1. The lowest BCUT2D eigenvalue weighted by atomic mass is 10.1. The maximum Gasteiger partial charge on any atom is 0.251 e. The summed E-state index contributed by atoms with van der Waals surface area (Å²) >= 11 is 9.34. The summed E-state index contributed by atoms with van der Waals surface area (Å²) in [6.07, 6.45) is 0. The topological polar surface area (TPSA) is 29.1 Å². The number of amides is 1. The van der Waals surface area contributed by atoms with Gasteiger partial charge in [-0.05, 0) is 42.3 Å². The van der Waals surface area contributed by atoms with Crippen LogP contribution in [0.2, 0.25) is 5.02 Å². The molecule has 0 aliphatic carbocycles. The second kappa shape index (κ2) is 6.91. The van der Waals surface area contributed by atoms with Gasteiger partial charge in [0, 0.05) is 15.9 Å². The monoisotopic (exact) mass is 351 g/mol. The Bertz CT molecular complexity index is 598. The van der Waals surface area contributed by atoms with Crippen LogP contribution in [0.25, 0.3) is 0 Å². The molecule has 2 nitrogen and oxygen atoms in total. The Morgan fingerprint density at radius 1 is 1.25 bits per heavy atom. The predicted octanol–water partition coefficient (Wildman–Crippen LogP) is 4.73. The Morgan fingerprint density at radius 2 is 1.95 bits per heavy atom. The first-order valence-electron chi connectivity index (χ1n) is 6.31. The van der Waals surface area contributed by atoms with E-state index in [9.17, 15) is 4.79 Å². The quantitative estimate of drug-likeness (QED) is 0.792. The van der Waals surface area contributed by atoms with Crippen molar-refractivity contribution in [3.63, 3.8) is 0 Å². The largest absolute Gasteiger partial charge is 0.346 e. The first-order chi connectivity index (χ1) is 9.60. The van der Waals surface area contributed by atoms with E-state index in [4.69, 9.17) is 11.6 Å². The zero-order chi connectivity index (χ0) is 14.5. The van der Waals surface area contributed by atoms with Crippen LogP contribution in [0.4, 0.5) is 0 Å². The van der Waals surface area contributed by atoms with Crippen molar-refractivity contribution in [2.24, 2.45) is 0 Å². The van der Waals surface area contributed by atoms with E-state index in [0.717, 1.165) is 16.5 Å². The normalized spacial score (nSPS) is 11.9. The van der Waals surface area contributed by atoms with Crippen LogP contribution in [-0.2, 0) is 5.33 Å². The number of alkyl halides is 1. The van der Waals surface area contributed by atoms with E-state index < -0.39 is 0 Å². The molecule has 4 heteroatoms. The SMILES string of the molecule is C[C@H](NC(=O)c1ccc(CBr)cc1)c1cccc(Cl)c1. The Labute approximate surface area is 132 Å². The van der Waals surface area contributed by atoms with E-state index in [1.54, 1.807) is 0 Å². The molecular formula is C16H15BrClNO. The molecule has 0 unspecified atom stereocenters. The van der Waals surface area contributed by atoms with Crippen LogP contribution in [-0.4, -0.2) is 5.91 Å². The Balaban J connectivity index is 2.06. The number of nitrogens with one attached hydrogen (secondary N) is 1. The molecule has 2 aromatic rings. The van der Waals surface area contributed by atoms with Gasteiger partial charge in [0.15, 0.2) is 0 Å². The van der Waals surface area contributed by atoms with Crippen LogP contribution in [0.3, 0.4) is 0 Å². The summed E-state index contributed by atoms with van der Waals surface area (Å²) in [7, 11) is 0. The highest BCUT2D eigenvalue weighted by molar-refractivity contribution is 9.08. The molecular weight excluding hydrogens is 338 g/mol. The highest BCUT2D eigenvalue weighted by Crippen LogP contribution is 2.18. The van der Waals surface area contributed by atoms with Gasteiger partial charge in [-0.25, -0.2) is 0 Å². The van der Waals surface area contributed by atoms with Crippen LogP contribution in [0.5, 0.6) is 0 Å². The Hall–Kier alpha value is -1.32. The van der Waals surface area contributed by atoms with Crippen LogP contribution >= 0.6 is 27.5 Å². The van der Waals surface area contributed by atoms with Gasteiger partial charge in [0.05, 0.1) is 6.04 Å². The number of hydrogen-bond donors (Lipinski definition) is 1. The maximum atomic E-state index is 12.2.